The van der Waals surface area contributed by atoms with Crippen LogP contribution < -0.4 is 11.1 Å². The summed E-state index contributed by atoms with van der Waals surface area (Å²) >= 11 is 12.9. The number of benzene rings is 1. The minimum Gasteiger partial charge on any atom is -0.397 e. The zero-order valence-electron chi connectivity index (χ0n) is 9.47. The van der Waals surface area contributed by atoms with Crippen LogP contribution in [0.5, 0.6) is 0 Å². The normalized spacial score (nSPS) is 10.4. The van der Waals surface area contributed by atoms with E-state index in [9.17, 15) is 0 Å². The molecular formula is C12H10Br2ClN3. The SMILES string of the molecule is Cc1c(N)cnc(Nc2ccc(Br)c(Cl)c2)c1Br. The largest absolute Gasteiger partial charge is 0.397 e. The first kappa shape index (κ1) is 13.6. The average molecular weight is 391 g/mol. The third-order valence-electron chi connectivity index (χ3n) is 2.49. The second kappa shape index (κ2) is 5.47. The monoisotopic (exact) mass is 389 g/mol. The van der Waals surface area contributed by atoms with Crippen molar-refractivity contribution in [2.45, 2.75) is 6.92 Å². The van der Waals surface area contributed by atoms with Crippen molar-refractivity contribution in [1.82, 2.24) is 4.98 Å². The maximum Gasteiger partial charge on any atom is 0.145 e. The second-order valence-electron chi connectivity index (χ2n) is 3.76. The van der Waals surface area contributed by atoms with Crippen molar-refractivity contribution in [3.8, 4) is 0 Å². The lowest BCUT2D eigenvalue weighted by Crippen LogP contribution is -1.99. The number of nitrogens with zero attached hydrogens (tertiary/aromatic N) is 1. The number of aromatic nitrogens is 1. The van der Waals surface area contributed by atoms with E-state index >= 15 is 0 Å². The number of rotatable bonds is 2. The van der Waals surface area contributed by atoms with E-state index in [1.165, 1.54) is 0 Å². The Morgan fingerprint density at radius 2 is 2.06 bits per heavy atom. The summed E-state index contributed by atoms with van der Waals surface area (Å²) in [6.07, 6.45) is 1.63. The number of hydrogen-bond donors (Lipinski definition) is 2. The van der Waals surface area contributed by atoms with Crippen LogP contribution in [0.1, 0.15) is 5.56 Å². The molecule has 0 radical (unpaired) electrons. The Morgan fingerprint density at radius 1 is 1.33 bits per heavy atom. The Labute approximate surface area is 127 Å². The minimum atomic E-state index is 0.642. The van der Waals surface area contributed by atoms with Gasteiger partial charge in [0, 0.05) is 10.2 Å². The molecule has 0 aliphatic carbocycles. The first-order valence-corrected chi connectivity index (χ1v) is 7.08. The molecule has 0 aliphatic rings. The van der Waals surface area contributed by atoms with Crippen molar-refractivity contribution in [2.24, 2.45) is 0 Å². The highest BCUT2D eigenvalue weighted by Crippen LogP contribution is 2.32. The van der Waals surface area contributed by atoms with E-state index in [2.05, 4.69) is 42.2 Å². The van der Waals surface area contributed by atoms with Crippen LogP contribution in [0.4, 0.5) is 17.2 Å². The molecule has 3 nitrogen and oxygen atoms in total. The number of pyridine rings is 1. The molecule has 0 unspecified atom stereocenters. The van der Waals surface area contributed by atoms with Gasteiger partial charge in [0.05, 0.1) is 21.4 Å². The van der Waals surface area contributed by atoms with E-state index in [1.54, 1.807) is 6.20 Å². The summed E-state index contributed by atoms with van der Waals surface area (Å²) in [5.74, 6) is 0.708. The van der Waals surface area contributed by atoms with Crippen LogP contribution in [0.2, 0.25) is 5.02 Å². The third-order valence-corrected chi connectivity index (χ3v) is 4.69. The van der Waals surface area contributed by atoms with E-state index < -0.39 is 0 Å². The molecule has 1 aromatic heterocycles. The molecule has 6 heteroatoms. The first-order chi connectivity index (χ1) is 8.49. The van der Waals surface area contributed by atoms with Gasteiger partial charge in [-0.15, -0.1) is 0 Å². The number of anilines is 3. The highest BCUT2D eigenvalue weighted by Gasteiger charge is 2.08. The Kier molecular flexibility index (Phi) is 4.14. The zero-order chi connectivity index (χ0) is 13.3. The summed E-state index contributed by atoms with van der Waals surface area (Å²) in [7, 11) is 0. The molecule has 0 amide bonds. The highest BCUT2D eigenvalue weighted by molar-refractivity contribution is 9.11. The second-order valence-corrected chi connectivity index (χ2v) is 5.81. The fourth-order valence-corrected chi connectivity index (χ4v) is 2.25. The van der Waals surface area contributed by atoms with Crippen molar-refractivity contribution in [1.29, 1.82) is 0 Å². The summed E-state index contributed by atoms with van der Waals surface area (Å²) in [6.45, 7) is 1.93. The predicted octanol–water partition coefficient (Wildman–Crippen LogP) is 4.89. The van der Waals surface area contributed by atoms with Crippen LogP contribution in [-0.2, 0) is 0 Å². The van der Waals surface area contributed by atoms with Gasteiger partial charge >= 0.3 is 0 Å². The fraction of sp³-hybridized carbons (Fsp3) is 0.0833. The molecule has 0 fully saturated rings. The number of halogens is 3. The quantitative estimate of drug-likeness (QED) is 0.766. The molecule has 3 N–H and O–H groups in total. The molecule has 18 heavy (non-hydrogen) atoms. The number of nitrogens with two attached hydrogens (primary N) is 1. The van der Waals surface area contributed by atoms with Crippen LogP contribution in [0.15, 0.2) is 33.3 Å². The van der Waals surface area contributed by atoms with Crippen LogP contribution >= 0.6 is 43.5 Å². The standard InChI is InChI=1S/C12H10Br2ClN3/c1-6-10(16)5-17-12(11(6)14)18-7-2-3-8(13)9(15)4-7/h2-5H,16H2,1H3,(H,17,18). The lowest BCUT2D eigenvalue weighted by Gasteiger charge is -2.11. The molecule has 0 bridgehead atoms. The molecule has 94 valence electrons. The third kappa shape index (κ3) is 2.79. The van der Waals surface area contributed by atoms with Crippen LogP contribution in [0.3, 0.4) is 0 Å². The summed E-state index contributed by atoms with van der Waals surface area (Å²) < 4.78 is 1.71. The van der Waals surface area contributed by atoms with Crippen molar-refractivity contribution in [2.75, 3.05) is 11.1 Å². The van der Waals surface area contributed by atoms with E-state index in [0.29, 0.717) is 16.5 Å². The van der Waals surface area contributed by atoms with Gasteiger partial charge in [-0.3, -0.25) is 0 Å². The Hall–Kier alpha value is -0.780. The average Bonchev–Trinajstić information content (AvgIpc) is 2.34. The molecule has 0 saturated heterocycles. The van der Waals surface area contributed by atoms with E-state index in [1.807, 2.05) is 25.1 Å². The topological polar surface area (TPSA) is 50.9 Å². The fourth-order valence-electron chi connectivity index (χ4n) is 1.39. The summed E-state index contributed by atoms with van der Waals surface area (Å²) in [4.78, 5) is 4.25. The molecule has 2 rings (SSSR count). The maximum absolute atomic E-state index is 6.04. The molecule has 0 atom stereocenters. The molecule has 0 spiro atoms. The van der Waals surface area contributed by atoms with Crippen molar-refractivity contribution < 1.29 is 0 Å². The van der Waals surface area contributed by atoms with E-state index in [-0.39, 0.29) is 0 Å². The van der Waals surface area contributed by atoms with E-state index in [4.69, 9.17) is 17.3 Å². The number of hydrogen-bond acceptors (Lipinski definition) is 3. The van der Waals surface area contributed by atoms with Crippen LogP contribution in [0.25, 0.3) is 0 Å². The summed E-state index contributed by atoms with van der Waals surface area (Å²) in [5, 5.41) is 3.83. The van der Waals surface area contributed by atoms with Gasteiger partial charge < -0.3 is 11.1 Å². The van der Waals surface area contributed by atoms with E-state index in [0.717, 1.165) is 20.2 Å². The van der Waals surface area contributed by atoms with Crippen molar-refractivity contribution in [3.05, 3.63) is 43.9 Å². The van der Waals surface area contributed by atoms with Gasteiger partial charge in [0.25, 0.3) is 0 Å². The zero-order valence-corrected chi connectivity index (χ0v) is 13.4. The maximum atomic E-state index is 6.04. The Morgan fingerprint density at radius 3 is 2.72 bits per heavy atom. The predicted molar refractivity (Wildman–Crippen MR) is 83.5 cm³/mol. The highest BCUT2D eigenvalue weighted by atomic mass is 79.9. The number of nitrogens with one attached hydrogen (secondary N) is 1. The molecule has 2 aromatic rings. The van der Waals surface area contributed by atoms with Gasteiger partial charge in [-0.1, -0.05) is 11.6 Å². The molecular weight excluding hydrogens is 381 g/mol. The summed E-state index contributed by atoms with van der Waals surface area (Å²) in [5.41, 5.74) is 8.25. The molecule has 0 aliphatic heterocycles. The van der Waals surface area contributed by atoms with Gasteiger partial charge in [-0.05, 0) is 62.5 Å². The van der Waals surface area contributed by atoms with Crippen LogP contribution in [0, 0.1) is 6.92 Å². The first-order valence-electron chi connectivity index (χ1n) is 5.11. The van der Waals surface area contributed by atoms with Crippen molar-refractivity contribution >= 4 is 60.7 Å². The van der Waals surface area contributed by atoms with Gasteiger partial charge in [0.15, 0.2) is 0 Å². The Bertz CT molecular complexity index is 602. The molecule has 1 aromatic carbocycles. The molecule has 0 saturated carbocycles. The lowest BCUT2D eigenvalue weighted by molar-refractivity contribution is 1.25. The van der Waals surface area contributed by atoms with Crippen molar-refractivity contribution in [3.63, 3.8) is 0 Å². The van der Waals surface area contributed by atoms with Gasteiger partial charge in [-0.25, -0.2) is 4.98 Å². The van der Waals surface area contributed by atoms with Gasteiger partial charge in [-0.2, -0.15) is 0 Å². The molecule has 1 heterocycles. The van der Waals surface area contributed by atoms with Gasteiger partial charge in [0.1, 0.15) is 5.82 Å². The van der Waals surface area contributed by atoms with Gasteiger partial charge in [0.2, 0.25) is 0 Å². The lowest BCUT2D eigenvalue weighted by atomic mass is 10.2. The smallest absolute Gasteiger partial charge is 0.145 e. The summed E-state index contributed by atoms with van der Waals surface area (Å²) in [6, 6.07) is 5.62. The minimum absolute atomic E-state index is 0.642. The van der Waals surface area contributed by atoms with Crippen LogP contribution in [-0.4, -0.2) is 4.98 Å². The Balaban J connectivity index is 2.34. The number of nitrogen functional groups attached to an aromatic ring is 1.